The summed E-state index contributed by atoms with van der Waals surface area (Å²) in [5, 5.41) is 13.9. The molecule has 9 nitrogen and oxygen atoms in total. The van der Waals surface area contributed by atoms with Crippen LogP contribution in [0.5, 0.6) is 0 Å². The maximum absolute atomic E-state index is 12.4. The van der Waals surface area contributed by atoms with Gasteiger partial charge in [-0.2, -0.15) is 0 Å². The van der Waals surface area contributed by atoms with Crippen LogP contribution in [-0.4, -0.2) is 68.1 Å². The number of methoxy groups -OCH3 is 1. The third kappa shape index (κ3) is 6.27. The quantitative estimate of drug-likeness (QED) is 0.277. The fourth-order valence-corrected chi connectivity index (χ4v) is 3.72. The van der Waals surface area contributed by atoms with E-state index in [1.54, 1.807) is 0 Å². The molecule has 1 amide bonds. The summed E-state index contributed by atoms with van der Waals surface area (Å²) in [5.41, 5.74) is 0.970. The molecule has 1 N–H and O–H groups in total. The van der Waals surface area contributed by atoms with Gasteiger partial charge in [-0.3, -0.25) is 19.8 Å². The predicted octanol–water partition coefficient (Wildman–Crippen LogP) is 2.71. The van der Waals surface area contributed by atoms with Crippen molar-refractivity contribution in [3.05, 3.63) is 69.8 Å². The first-order chi connectivity index (χ1) is 15.5. The number of carbonyl (C=O) groups excluding carboxylic acids is 2. The van der Waals surface area contributed by atoms with Crippen molar-refractivity contribution >= 4 is 23.3 Å². The molecule has 9 heteroatoms. The molecule has 0 spiro atoms. The first-order valence-corrected chi connectivity index (χ1v) is 10.7. The molecule has 2 aromatic rings. The Labute approximate surface area is 187 Å². The van der Waals surface area contributed by atoms with Gasteiger partial charge in [0, 0.05) is 56.1 Å². The highest BCUT2D eigenvalue weighted by Gasteiger charge is 2.19. The number of benzene rings is 2. The number of nitrogens with one attached hydrogen (secondary N) is 1. The molecule has 0 unspecified atom stereocenters. The van der Waals surface area contributed by atoms with Crippen LogP contribution in [0.2, 0.25) is 0 Å². The number of rotatable bonds is 9. The number of amides is 1. The number of nitrogens with zero attached hydrogens (tertiary/aromatic N) is 3. The summed E-state index contributed by atoms with van der Waals surface area (Å²) in [5.74, 6) is -1.18. The minimum Gasteiger partial charge on any atom is -0.465 e. The molecule has 1 aliphatic rings. The topological polar surface area (TPSA) is 105 Å². The van der Waals surface area contributed by atoms with E-state index in [2.05, 4.69) is 44.1 Å². The number of nitro benzene ring substituents is 1. The molecule has 1 saturated heterocycles. The van der Waals surface area contributed by atoms with Crippen LogP contribution in [-0.2, 0) is 4.74 Å². The molecule has 0 aromatic heterocycles. The Bertz CT molecular complexity index is 943. The van der Waals surface area contributed by atoms with Crippen molar-refractivity contribution in [3.63, 3.8) is 0 Å². The number of para-hydroxylation sites is 1. The highest BCUT2D eigenvalue weighted by Crippen LogP contribution is 2.18. The van der Waals surface area contributed by atoms with Crippen LogP contribution in [0.1, 0.15) is 33.6 Å². The average Bonchev–Trinajstić information content (AvgIpc) is 2.83. The average molecular weight is 441 g/mol. The summed E-state index contributed by atoms with van der Waals surface area (Å²) in [6.45, 7) is 5.42. The first kappa shape index (κ1) is 23.2. The number of piperazine rings is 1. The fraction of sp³-hybridized carbons (Fsp3) is 0.391. The van der Waals surface area contributed by atoms with E-state index < -0.39 is 16.8 Å². The maximum atomic E-state index is 12.4. The monoisotopic (exact) mass is 440 g/mol. The number of unbranched alkanes of at least 4 members (excludes halogenated alkanes) is 1. The summed E-state index contributed by atoms with van der Waals surface area (Å²) in [4.78, 5) is 39.4. The van der Waals surface area contributed by atoms with Crippen LogP contribution < -0.4 is 10.2 Å². The summed E-state index contributed by atoms with van der Waals surface area (Å²) in [7, 11) is 1.18. The summed E-state index contributed by atoms with van der Waals surface area (Å²) in [6.07, 6.45) is 1.73. The van der Waals surface area contributed by atoms with E-state index in [9.17, 15) is 19.7 Å². The van der Waals surface area contributed by atoms with E-state index in [1.165, 1.54) is 18.9 Å². The van der Waals surface area contributed by atoms with Gasteiger partial charge in [-0.15, -0.1) is 0 Å². The van der Waals surface area contributed by atoms with Gasteiger partial charge < -0.3 is 15.0 Å². The number of carbonyl (C=O) groups is 2. The number of hydrogen-bond donors (Lipinski definition) is 1. The second-order valence-corrected chi connectivity index (χ2v) is 7.64. The van der Waals surface area contributed by atoms with Gasteiger partial charge in [0.2, 0.25) is 0 Å². The Morgan fingerprint density at radius 2 is 1.72 bits per heavy atom. The zero-order valence-corrected chi connectivity index (χ0v) is 18.2. The molecular formula is C23H28N4O5. The van der Waals surface area contributed by atoms with Crippen LogP contribution in [0.3, 0.4) is 0 Å². The van der Waals surface area contributed by atoms with E-state index in [0.29, 0.717) is 6.54 Å². The molecule has 170 valence electrons. The van der Waals surface area contributed by atoms with Gasteiger partial charge in [0.1, 0.15) is 0 Å². The minimum absolute atomic E-state index is 0.0264. The molecule has 1 aliphatic heterocycles. The fourth-order valence-electron chi connectivity index (χ4n) is 3.72. The van der Waals surface area contributed by atoms with Crippen LogP contribution in [0.4, 0.5) is 11.4 Å². The molecule has 3 rings (SSSR count). The van der Waals surface area contributed by atoms with Gasteiger partial charge in [-0.1, -0.05) is 18.2 Å². The Hall–Kier alpha value is -3.46. The Morgan fingerprint density at radius 3 is 2.38 bits per heavy atom. The largest absolute Gasteiger partial charge is 0.465 e. The van der Waals surface area contributed by atoms with Crippen molar-refractivity contribution in [2.45, 2.75) is 12.8 Å². The summed E-state index contributed by atoms with van der Waals surface area (Å²) < 4.78 is 4.61. The van der Waals surface area contributed by atoms with Crippen molar-refractivity contribution in [1.29, 1.82) is 0 Å². The van der Waals surface area contributed by atoms with Crippen LogP contribution in [0.15, 0.2) is 48.5 Å². The number of hydrogen-bond acceptors (Lipinski definition) is 7. The van der Waals surface area contributed by atoms with Gasteiger partial charge >= 0.3 is 5.97 Å². The Morgan fingerprint density at radius 1 is 1.03 bits per heavy atom. The second kappa shape index (κ2) is 11.2. The van der Waals surface area contributed by atoms with Gasteiger partial charge in [0.25, 0.3) is 11.6 Å². The van der Waals surface area contributed by atoms with E-state index in [1.807, 2.05) is 6.07 Å². The summed E-state index contributed by atoms with van der Waals surface area (Å²) in [6, 6.07) is 14.0. The smallest absolute Gasteiger partial charge is 0.338 e. The zero-order chi connectivity index (χ0) is 22.9. The van der Waals surface area contributed by atoms with Gasteiger partial charge in [-0.25, -0.2) is 4.79 Å². The Kier molecular flexibility index (Phi) is 8.15. The Balaban J connectivity index is 1.40. The van der Waals surface area contributed by atoms with Crippen molar-refractivity contribution in [2.75, 3.05) is 51.3 Å². The van der Waals surface area contributed by atoms with Crippen molar-refractivity contribution in [3.8, 4) is 0 Å². The molecule has 0 aliphatic carbocycles. The predicted molar refractivity (Wildman–Crippen MR) is 121 cm³/mol. The highest BCUT2D eigenvalue weighted by molar-refractivity contribution is 5.98. The standard InChI is InChI=1S/C23H28N4O5/c1-32-23(29)19-15-18(16-21(17-19)27(30)31)22(28)24-9-5-6-10-25-11-13-26(14-12-25)20-7-3-2-4-8-20/h2-4,7-8,15-17H,5-6,9-14H2,1H3,(H,24,28). The number of ether oxygens (including phenoxy) is 1. The first-order valence-electron chi connectivity index (χ1n) is 10.7. The van der Waals surface area contributed by atoms with E-state index in [4.69, 9.17) is 0 Å². The normalized spacial score (nSPS) is 14.1. The SMILES string of the molecule is COC(=O)c1cc(C(=O)NCCCCN2CCN(c3ccccc3)CC2)cc([N+](=O)[O-])c1. The lowest BCUT2D eigenvalue weighted by molar-refractivity contribution is -0.384. The molecule has 32 heavy (non-hydrogen) atoms. The van der Waals surface area contributed by atoms with Crippen LogP contribution in [0.25, 0.3) is 0 Å². The van der Waals surface area contributed by atoms with Crippen molar-refractivity contribution in [2.24, 2.45) is 0 Å². The van der Waals surface area contributed by atoms with Gasteiger partial charge in [0.15, 0.2) is 0 Å². The van der Waals surface area contributed by atoms with Gasteiger partial charge in [-0.05, 0) is 37.6 Å². The number of anilines is 1. The minimum atomic E-state index is -0.727. The lowest BCUT2D eigenvalue weighted by atomic mass is 10.1. The highest BCUT2D eigenvalue weighted by atomic mass is 16.6. The van der Waals surface area contributed by atoms with E-state index >= 15 is 0 Å². The number of nitro groups is 1. The second-order valence-electron chi connectivity index (χ2n) is 7.64. The number of esters is 1. The third-order valence-corrected chi connectivity index (χ3v) is 5.49. The summed E-state index contributed by atoms with van der Waals surface area (Å²) >= 11 is 0. The lowest BCUT2D eigenvalue weighted by Gasteiger charge is -2.36. The molecule has 0 bridgehead atoms. The molecule has 2 aromatic carbocycles. The van der Waals surface area contributed by atoms with Crippen LogP contribution in [0, 0.1) is 10.1 Å². The van der Waals surface area contributed by atoms with E-state index in [0.717, 1.165) is 57.7 Å². The van der Waals surface area contributed by atoms with Crippen molar-refractivity contribution < 1.29 is 19.2 Å². The zero-order valence-electron chi connectivity index (χ0n) is 18.2. The van der Waals surface area contributed by atoms with Gasteiger partial charge in [0.05, 0.1) is 17.6 Å². The number of non-ortho nitro benzene ring substituents is 1. The molecule has 0 atom stereocenters. The molecular weight excluding hydrogens is 412 g/mol. The van der Waals surface area contributed by atoms with Crippen molar-refractivity contribution in [1.82, 2.24) is 10.2 Å². The maximum Gasteiger partial charge on any atom is 0.338 e. The van der Waals surface area contributed by atoms with E-state index in [-0.39, 0.29) is 16.8 Å². The molecule has 0 radical (unpaired) electrons. The third-order valence-electron chi connectivity index (χ3n) is 5.49. The van der Waals surface area contributed by atoms with Crippen LogP contribution >= 0.6 is 0 Å². The molecule has 1 fully saturated rings. The lowest BCUT2D eigenvalue weighted by Crippen LogP contribution is -2.46. The molecule has 0 saturated carbocycles. The molecule has 1 heterocycles.